The SMILES string of the molecule is CCCCOc1ccc(OCc2ccc(C3CCC(c4ccc(OCC)c(F)c4F)CC3)c(F)c2)c(F)c1F. The molecule has 0 spiro atoms. The summed E-state index contributed by atoms with van der Waals surface area (Å²) in [5.74, 6) is -5.29. The zero-order valence-corrected chi connectivity index (χ0v) is 22.2. The van der Waals surface area contributed by atoms with Crippen molar-refractivity contribution in [1.29, 1.82) is 0 Å². The molecule has 3 nitrogen and oxygen atoms in total. The normalized spacial score (nSPS) is 17.2. The van der Waals surface area contributed by atoms with E-state index in [1.807, 2.05) is 6.92 Å². The number of benzene rings is 3. The van der Waals surface area contributed by atoms with Crippen LogP contribution in [0.4, 0.5) is 22.0 Å². The summed E-state index contributed by atoms with van der Waals surface area (Å²) in [5, 5.41) is 0. The number of halogens is 5. The molecule has 8 heteroatoms. The molecule has 0 amide bonds. The number of hydrogen-bond donors (Lipinski definition) is 0. The Kier molecular flexibility index (Phi) is 9.70. The highest BCUT2D eigenvalue weighted by Crippen LogP contribution is 2.43. The molecule has 1 aliphatic carbocycles. The van der Waals surface area contributed by atoms with Gasteiger partial charge in [0.15, 0.2) is 23.1 Å². The monoisotopic (exact) mass is 548 g/mol. The molecule has 0 bridgehead atoms. The second kappa shape index (κ2) is 13.2. The third kappa shape index (κ3) is 6.65. The molecule has 1 aliphatic rings. The predicted molar refractivity (Wildman–Crippen MR) is 139 cm³/mol. The lowest BCUT2D eigenvalue weighted by molar-refractivity contribution is 0.267. The first-order valence-corrected chi connectivity index (χ1v) is 13.5. The van der Waals surface area contributed by atoms with E-state index in [9.17, 15) is 17.6 Å². The summed E-state index contributed by atoms with van der Waals surface area (Å²) in [6, 6.07) is 10.4. The standard InChI is InChI=1S/C31H33F5O3/c1-3-5-16-38-26-14-15-27(31(36)30(26)35)39-18-19-6-11-22(24(32)17-19)20-7-9-21(10-8-20)23-12-13-25(37-4-2)29(34)28(23)33/h6,11-15,17,20-21H,3-5,7-10,16,18H2,1-2H3. The largest absolute Gasteiger partial charge is 0.491 e. The van der Waals surface area contributed by atoms with Crippen molar-refractivity contribution in [3.05, 3.63) is 88.2 Å². The van der Waals surface area contributed by atoms with Gasteiger partial charge in [0.25, 0.3) is 0 Å². The Balaban J connectivity index is 1.35. The summed E-state index contributed by atoms with van der Waals surface area (Å²) < 4.78 is 88.5. The number of unbranched alkanes of at least 4 members (excludes halogenated alkanes) is 1. The molecule has 0 atom stereocenters. The van der Waals surface area contributed by atoms with Crippen molar-refractivity contribution in [2.75, 3.05) is 13.2 Å². The molecule has 0 N–H and O–H groups in total. The van der Waals surface area contributed by atoms with Crippen LogP contribution >= 0.6 is 0 Å². The van der Waals surface area contributed by atoms with E-state index < -0.39 is 29.1 Å². The topological polar surface area (TPSA) is 27.7 Å². The smallest absolute Gasteiger partial charge is 0.204 e. The van der Waals surface area contributed by atoms with Crippen molar-refractivity contribution in [2.45, 2.75) is 70.8 Å². The van der Waals surface area contributed by atoms with Crippen LogP contribution in [0.25, 0.3) is 0 Å². The van der Waals surface area contributed by atoms with E-state index in [-0.39, 0.29) is 48.9 Å². The summed E-state index contributed by atoms with van der Waals surface area (Å²) in [6.07, 6.45) is 4.05. The Morgan fingerprint density at radius 3 is 1.79 bits per heavy atom. The van der Waals surface area contributed by atoms with Crippen LogP contribution in [0, 0.1) is 29.1 Å². The highest BCUT2D eigenvalue weighted by Gasteiger charge is 2.28. The molecule has 39 heavy (non-hydrogen) atoms. The van der Waals surface area contributed by atoms with Crippen molar-refractivity contribution in [3.63, 3.8) is 0 Å². The molecule has 0 radical (unpaired) electrons. The van der Waals surface area contributed by atoms with Crippen molar-refractivity contribution in [3.8, 4) is 17.2 Å². The first-order valence-electron chi connectivity index (χ1n) is 13.5. The van der Waals surface area contributed by atoms with Crippen LogP contribution in [0.2, 0.25) is 0 Å². The van der Waals surface area contributed by atoms with Crippen LogP contribution in [0.15, 0.2) is 42.5 Å². The molecule has 0 unspecified atom stereocenters. The molecule has 3 aromatic carbocycles. The van der Waals surface area contributed by atoms with Gasteiger partial charge < -0.3 is 14.2 Å². The maximum atomic E-state index is 15.0. The Morgan fingerprint density at radius 1 is 0.641 bits per heavy atom. The minimum absolute atomic E-state index is 0.0568. The average molecular weight is 549 g/mol. The lowest BCUT2D eigenvalue weighted by Gasteiger charge is -2.29. The summed E-state index contributed by atoms with van der Waals surface area (Å²) >= 11 is 0. The number of hydrogen-bond acceptors (Lipinski definition) is 3. The molecule has 0 aliphatic heterocycles. The van der Waals surface area contributed by atoms with Crippen LogP contribution in [0.5, 0.6) is 17.2 Å². The van der Waals surface area contributed by atoms with E-state index in [1.165, 1.54) is 24.3 Å². The fourth-order valence-corrected chi connectivity index (χ4v) is 5.06. The first-order chi connectivity index (χ1) is 18.8. The molecule has 1 saturated carbocycles. The molecule has 0 heterocycles. The fourth-order valence-electron chi connectivity index (χ4n) is 5.06. The van der Waals surface area contributed by atoms with Gasteiger partial charge in [-0.1, -0.05) is 31.5 Å². The number of ether oxygens (including phenoxy) is 3. The van der Waals surface area contributed by atoms with Gasteiger partial charge in [-0.15, -0.1) is 0 Å². The summed E-state index contributed by atoms with van der Waals surface area (Å²) in [6.45, 7) is 4.06. The minimum atomic E-state index is -1.15. The van der Waals surface area contributed by atoms with E-state index >= 15 is 4.39 Å². The van der Waals surface area contributed by atoms with Gasteiger partial charge in [-0.2, -0.15) is 13.2 Å². The van der Waals surface area contributed by atoms with Gasteiger partial charge in [0.05, 0.1) is 13.2 Å². The van der Waals surface area contributed by atoms with E-state index in [0.29, 0.717) is 42.4 Å². The van der Waals surface area contributed by atoms with Crippen molar-refractivity contribution >= 4 is 0 Å². The highest BCUT2D eigenvalue weighted by molar-refractivity contribution is 5.36. The summed E-state index contributed by atoms with van der Waals surface area (Å²) in [5.41, 5.74) is 1.34. The van der Waals surface area contributed by atoms with Crippen LogP contribution in [-0.4, -0.2) is 13.2 Å². The zero-order valence-electron chi connectivity index (χ0n) is 22.2. The van der Waals surface area contributed by atoms with E-state index in [4.69, 9.17) is 14.2 Å². The van der Waals surface area contributed by atoms with E-state index in [0.717, 1.165) is 12.8 Å². The molecule has 3 aromatic rings. The second-order valence-corrected chi connectivity index (χ2v) is 9.80. The molecule has 1 fully saturated rings. The molecular formula is C31H33F5O3. The lowest BCUT2D eigenvalue weighted by Crippen LogP contribution is -2.15. The van der Waals surface area contributed by atoms with Gasteiger partial charge in [-0.3, -0.25) is 0 Å². The second-order valence-electron chi connectivity index (χ2n) is 9.80. The number of rotatable bonds is 11. The molecule has 0 saturated heterocycles. The van der Waals surface area contributed by atoms with Gasteiger partial charge in [-0.25, -0.2) is 8.78 Å². The van der Waals surface area contributed by atoms with Gasteiger partial charge in [0.2, 0.25) is 17.5 Å². The Hall–Kier alpha value is -3.29. The average Bonchev–Trinajstić information content (AvgIpc) is 2.94. The van der Waals surface area contributed by atoms with Gasteiger partial charge in [-0.05, 0) is 91.8 Å². The van der Waals surface area contributed by atoms with Crippen molar-refractivity contribution in [1.82, 2.24) is 0 Å². The van der Waals surface area contributed by atoms with Crippen LogP contribution in [-0.2, 0) is 6.61 Å². The van der Waals surface area contributed by atoms with Crippen LogP contribution in [0.3, 0.4) is 0 Å². The maximum absolute atomic E-state index is 15.0. The van der Waals surface area contributed by atoms with Crippen molar-refractivity contribution < 1.29 is 36.2 Å². The van der Waals surface area contributed by atoms with Gasteiger partial charge in [0.1, 0.15) is 12.4 Å². The summed E-state index contributed by atoms with van der Waals surface area (Å²) in [4.78, 5) is 0. The highest BCUT2D eigenvalue weighted by atomic mass is 19.2. The zero-order chi connectivity index (χ0) is 27.9. The summed E-state index contributed by atoms with van der Waals surface area (Å²) in [7, 11) is 0. The Labute approximate surface area is 225 Å². The fraction of sp³-hybridized carbons (Fsp3) is 0.419. The predicted octanol–water partition coefficient (Wildman–Crippen LogP) is 8.98. The van der Waals surface area contributed by atoms with Crippen LogP contribution < -0.4 is 14.2 Å². The molecular weight excluding hydrogens is 515 g/mol. The quantitative estimate of drug-likeness (QED) is 0.177. The lowest BCUT2D eigenvalue weighted by atomic mass is 9.76. The van der Waals surface area contributed by atoms with E-state index in [2.05, 4.69) is 0 Å². The molecule has 210 valence electrons. The Morgan fingerprint density at radius 2 is 1.18 bits per heavy atom. The van der Waals surface area contributed by atoms with Gasteiger partial charge in [0, 0.05) is 0 Å². The van der Waals surface area contributed by atoms with Gasteiger partial charge >= 0.3 is 0 Å². The molecule has 4 rings (SSSR count). The maximum Gasteiger partial charge on any atom is 0.204 e. The third-order valence-corrected chi connectivity index (χ3v) is 7.21. The van der Waals surface area contributed by atoms with E-state index in [1.54, 1.807) is 25.1 Å². The minimum Gasteiger partial charge on any atom is -0.491 e. The van der Waals surface area contributed by atoms with Crippen LogP contribution in [0.1, 0.15) is 80.9 Å². The molecule has 0 aromatic heterocycles. The Bertz CT molecular complexity index is 1270. The van der Waals surface area contributed by atoms with Crippen molar-refractivity contribution in [2.24, 2.45) is 0 Å². The first kappa shape index (κ1) is 28.7. The third-order valence-electron chi connectivity index (χ3n) is 7.21.